The van der Waals surface area contributed by atoms with E-state index < -0.39 is 11.4 Å². The number of fused-ring (bicyclic) bond motifs is 1. The van der Waals surface area contributed by atoms with Crippen LogP contribution in [0.15, 0.2) is 30.3 Å². The molecule has 6 nitrogen and oxygen atoms in total. The first-order chi connectivity index (χ1) is 11.0. The molecule has 1 N–H and O–H groups in total. The van der Waals surface area contributed by atoms with E-state index in [1.54, 1.807) is 0 Å². The fourth-order valence-corrected chi connectivity index (χ4v) is 3.70. The van der Waals surface area contributed by atoms with Crippen LogP contribution in [0.2, 0.25) is 0 Å². The Kier molecular flexibility index (Phi) is 3.83. The molecule has 0 saturated carbocycles. The Bertz CT molecular complexity index is 645. The molecule has 0 aromatic heterocycles. The van der Waals surface area contributed by atoms with Crippen molar-refractivity contribution in [2.45, 2.75) is 31.8 Å². The van der Waals surface area contributed by atoms with Gasteiger partial charge in [0.05, 0.1) is 19.7 Å². The number of amides is 2. The third kappa shape index (κ3) is 2.48. The maximum absolute atomic E-state index is 13.0. The summed E-state index contributed by atoms with van der Waals surface area (Å²) in [6.07, 6.45) is 0.641. The molecule has 2 heterocycles. The molecule has 2 aliphatic heterocycles. The van der Waals surface area contributed by atoms with Crippen molar-refractivity contribution in [1.29, 1.82) is 0 Å². The van der Waals surface area contributed by atoms with Gasteiger partial charge in [0.2, 0.25) is 11.8 Å². The number of carbonyl (C=O) groups excluding carboxylic acids is 3. The highest BCUT2D eigenvalue weighted by molar-refractivity contribution is 6.06. The van der Waals surface area contributed by atoms with Gasteiger partial charge in [-0.3, -0.25) is 14.4 Å². The van der Waals surface area contributed by atoms with Crippen LogP contribution in [0.5, 0.6) is 0 Å². The Morgan fingerprint density at radius 1 is 1.35 bits per heavy atom. The second-order valence-electron chi connectivity index (χ2n) is 6.30. The van der Waals surface area contributed by atoms with Crippen LogP contribution >= 0.6 is 0 Å². The lowest BCUT2D eigenvalue weighted by Gasteiger charge is -2.34. The standard InChI is InChI=1S/C17H20N2O4/c1-11-13-9-17(16(22)23-2,8-12-6-4-3-5-7-12)15(21)19(13)10-14(20)18-11/h3-7,11,13H,8-10H2,1-2H3,(H,18,20)/t11-,13+,17+/m0/s1. The number of nitrogens with zero attached hydrogens (tertiary/aromatic N) is 1. The fourth-order valence-electron chi connectivity index (χ4n) is 3.70. The Morgan fingerprint density at radius 2 is 2.04 bits per heavy atom. The van der Waals surface area contributed by atoms with Crippen LogP contribution in [-0.4, -0.2) is 48.4 Å². The third-order valence-corrected chi connectivity index (χ3v) is 4.83. The minimum atomic E-state index is -1.25. The summed E-state index contributed by atoms with van der Waals surface area (Å²) < 4.78 is 4.96. The minimum absolute atomic E-state index is 0.00136. The summed E-state index contributed by atoms with van der Waals surface area (Å²) in [5, 5.41) is 2.84. The maximum atomic E-state index is 13.0. The normalized spacial score (nSPS) is 29.9. The zero-order chi connectivity index (χ0) is 16.6. The number of carbonyl (C=O) groups is 3. The number of methoxy groups -OCH3 is 1. The van der Waals surface area contributed by atoms with Crippen molar-refractivity contribution >= 4 is 17.8 Å². The van der Waals surface area contributed by atoms with Gasteiger partial charge in [-0.1, -0.05) is 30.3 Å². The average Bonchev–Trinajstić information content (AvgIpc) is 2.82. The second-order valence-corrected chi connectivity index (χ2v) is 6.30. The average molecular weight is 316 g/mol. The van der Waals surface area contributed by atoms with Gasteiger partial charge in [0.25, 0.3) is 0 Å². The predicted octanol–water partition coefficient (Wildman–Crippen LogP) is 0.508. The van der Waals surface area contributed by atoms with Gasteiger partial charge in [-0.25, -0.2) is 0 Å². The third-order valence-electron chi connectivity index (χ3n) is 4.83. The molecule has 23 heavy (non-hydrogen) atoms. The summed E-state index contributed by atoms with van der Waals surface area (Å²) in [5.74, 6) is -1.03. The Morgan fingerprint density at radius 3 is 2.70 bits per heavy atom. The number of esters is 1. The number of hydrogen-bond acceptors (Lipinski definition) is 4. The molecule has 3 atom stereocenters. The Hall–Kier alpha value is -2.37. The van der Waals surface area contributed by atoms with Crippen LogP contribution in [0.25, 0.3) is 0 Å². The first-order valence-corrected chi connectivity index (χ1v) is 7.71. The topological polar surface area (TPSA) is 75.7 Å². The molecule has 2 saturated heterocycles. The largest absolute Gasteiger partial charge is 0.468 e. The van der Waals surface area contributed by atoms with E-state index in [2.05, 4.69) is 5.32 Å². The molecule has 2 aliphatic rings. The van der Waals surface area contributed by atoms with Crippen LogP contribution < -0.4 is 5.32 Å². The van der Waals surface area contributed by atoms with E-state index in [0.717, 1.165) is 5.56 Å². The molecule has 2 fully saturated rings. The zero-order valence-electron chi connectivity index (χ0n) is 13.2. The van der Waals surface area contributed by atoms with Crippen molar-refractivity contribution in [3.05, 3.63) is 35.9 Å². The number of ether oxygens (including phenoxy) is 1. The summed E-state index contributed by atoms with van der Waals surface area (Å²) in [6, 6.07) is 9.07. The number of piperazine rings is 1. The molecule has 1 aromatic rings. The van der Waals surface area contributed by atoms with Crippen molar-refractivity contribution in [2.24, 2.45) is 5.41 Å². The van der Waals surface area contributed by atoms with Gasteiger partial charge >= 0.3 is 5.97 Å². The van der Waals surface area contributed by atoms with E-state index in [1.165, 1.54) is 12.0 Å². The van der Waals surface area contributed by atoms with Gasteiger partial charge in [0, 0.05) is 6.04 Å². The first-order valence-electron chi connectivity index (χ1n) is 7.71. The second kappa shape index (κ2) is 5.68. The Labute approximate surface area is 134 Å². The molecule has 1 aromatic carbocycles. The molecule has 0 radical (unpaired) electrons. The molecular weight excluding hydrogens is 296 g/mol. The van der Waals surface area contributed by atoms with Gasteiger partial charge < -0.3 is 15.0 Å². The summed E-state index contributed by atoms with van der Waals surface area (Å²) >= 11 is 0. The highest BCUT2D eigenvalue weighted by Crippen LogP contribution is 2.42. The lowest BCUT2D eigenvalue weighted by molar-refractivity contribution is -0.159. The van der Waals surface area contributed by atoms with Crippen LogP contribution in [0.1, 0.15) is 18.9 Å². The SMILES string of the molecule is COC(=O)[C@]1(Cc2ccccc2)C[C@@H]2[C@H](C)NC(=O)CN2C1=O. The number of rotatable bonds is 3. The van der Waals surface area contributed by atoms with E-state index in [0.29, 0.717) is 6.42 Å². The van der Waals surface area contributed by atoms with Gasteiger partial charge in [-0.15, -0.1) is 0 Å². The van der Waals surface area contributed by atoms with Crippen molar-refractivity contribution in [2.75, 3.05) is 13.7 Å². The summed E-state index contributed by atoms with van der Waals surface area (Å²) in [4.78, 5) is 38.8. The van der Waals surface area contributed by atoms with E-state index in [1.807, 2.05) is 37.3 Å². The molecule has 0 spiro atoms. The molecule has 6 heteroatoms. The first kappa shape index (κ1) is 15.5. The molecule has 2 amide bonds. The molecule has 0 bridgehead atoms. The van der Waals surface area contributed by atoms with Crippen molar-refractivity contribution in [3.8, 4) is 0 Å². The lowest BCUT2D eigenvalue weighted by atomic mass is 9.78. The van der Waals surface area contributed by atoms with Crippen LogP contribution in [0, 0.1) is 5.41 Å². The quantitative estimate of drug-likeness (QED) is 0.651. The van der Waals surface area contributed by atoms with Gasteiger partial charge in [0.1, 0.15) is 0 Å². The predicted molar refractivity (Wildman–Crippen MR) is 82.3 cm³/mol. The van der Waals surface area contributed by atoms with Gasteiger partial charge in [-0.2, -0.15) is 0 Å². The van der Waals surface area contributed by atoms with Gasteiger partial charge in [-0.05, 0) is 25.3 Å². The number of benzene rings is 1. The smallest absolute Gasteiger partial charge is 0.321 e. The highest BCUT2D eigenvalue weighted by Gasteiger charge is 2.59. The Balaban J connectivity index is 1.98. The highest BCUT2D eigenvalue weighted by atomic mass is 16.5. The maximum Gasteiger partial charge on any atom is 0.321 e. The van der Waals surface area contributed by atoms with Crippen molar-refractivity contribution in [3.63, 3.8) is 0 Å². The van der Waals surface area contributed by atoms with E-state index in [9.17, 15) is 14.4 Å². The molecule has 0 unspecified atom stereocenters. The van der Waals surface area contributed by atoms with Gasteiger partial charge in [0.15, 0.2) is 5.41 Å². The van der Waals surface area contributed by atoms with Crippen LogP contribution in [-0.2, 0) is 25.5 Å². The van der Waals surface area contributed by atoms with Crippen molar-refractivity contribution < 1.29 is 19.1 Å². The summed E-state index contributed by atoms with van der Waals surface area (Å²) in [5.41, 5.74) is -0.348. The molecular formula is C17H20N2O4. The number of nitrogens with one attached hydrogen (secondary N) is 1. The molecule has 122 valence electrons. The zero-order valence-corrected chi connectivity index (χ0v) is 13.2. The van der Waals surface area contributed by atoms with E-state index in [-0.39, 0.29) is 36.9 Å². The van der Waals surface area contributed by atoms with Crippen LogP contribution in [0.4, 0.5) is 0 Å². The number of hydrogen-bond donors (Lipinski definition) is 1. The molecule has 0 aliphatic carbocycles. The summed E-state index contributed by atoms with van der Waals surface area (Å²) in [6.45, 7) is 1.86. The monoisotopic (exact) mass is 316 g/mol. The lowest BCUT2D eigenvalue weighted by Crippen LogP contribution is -2.58. The summed E-state index contributed by atoms with van der Waals surface area (Å²) in [7, 11) is 1.30. The fraction of sp³-hybridized carbons (Fsp3) is 0.471. The van der Waals surface area contributed by atoms with E-state index in [4.69, 9.17) is 4.74 Å². The van der Waals surface area contributed by atoms with Crippen molar-refractivity contribution in [1.82, 2.24) is 10.2 Å². The van der Waals surface area contributed by atoms with Crippen LogP contribution in [0.3, 0.4) is 0 Å². The molecule has 3 rings (SSSR count). The minimum Gasteiger partial charge on any atom is -0.468 e. The van der Waals surface area contributed by atoms with E-state index >= 15 is 0 Å².